The zero-order valence-electron chi connectivity index (χ0n) is 13.0. The van der Waals surface area contributed by atoms with E-state index in [1.54, 1.807) is 4.90 Å². The van der Waals surface area contributed by atoms with E-state index in [9.17, 15) is 9.59 Å². The first-order chi connectivity index (χ1) is 11.2. The normalized spacial score (nSPS) is 18.3. The highest BCUT2D eigenvalue weighted by Crippen LogP contribution is 2.26. The van der Waals surface area contributed by atoms with Crippen molar-refractivity contribution in [3.63, 3.8) is 0 Å². The molecule has 7 heteroatoms. The highest BCUT2D eigenvalue weighted by molar-refractivity contribution is 8.13. The maximum absolute atomic E-state index is 12.2. The van der Waals surface area contributed by atoms with Crippen molar-refractivity contribution < 1.29 is 14.3 Å². The number of carbonyl (C=O) groups is 2. The van der Waals surface area contributed by atoms with Crippen LogP contribution in [0.25, 0.3) is 0 Å². The highest BCUT2D eigenvalue weighted by atomic mass is 32.2. The molecule has 1 aromatic rings. The van der Waals surface area contributed by atoms with Gasteiger partial charge in [0.05, 0.1) is 24.6 Å². The van der Waals surface area contributed by atoms with E-state index in [2.05, 4.69) is 10.2 Å². The number of rotatable bonds is 5. The van der Waals surface area contributed by atoms with Gasteiger partial charge in [-0.1, -0.05) is 23.9 Å². The van der Waals surface area contributed by atoms with Gasteiger partial charge < -0.3 is 19.9 Å². The van der Waals surface area contributed by atoms with Crippen LogP contribution >= 0.6 is 11.8 Å². The Balaban J connectivity index is 1.58. The fourth-order valence-corrected chi connectivity index (χ4v) is 3.59. The zero-order chi connectivity index (χ0) is 16.1. The van der Waals surface area contributed by atoms with E-state index in [1.165, 1.54) is 11.8 Å². The van der Waals surface area contributed by atoms with Gasteiger partial charge in [0.1, 0.15) is 0 Å². The third-order valence-electron chi connectivity index (χ3n) is 3.98. The van der Waals surface area contributed by atoms with Crippen LogP contribution in [0.2, 0.25) is 0 Å². The summed E-state index contributed by atoms with van der Waals surface area (Å²) in [4.78, 5) is 27.7. The molecule has 2 aliphatic heterocycles. The molecule has 1 N–H and O–H groups in total. The summed E-state index contributed by atoms with van der Waals surface area (Å²) in [6.45, 7) is 4.28. The number of anilines is 2. The number of thioether (sulfide) groups is 1. The number of amides is 2. The first-order valence-electron chi connectivity index (χ1n) is 7.87. The molecule has 6 nitrogen and oxygen atoms in total. The van der Waals surface area contributed by atoms with Crippen LogP contribution in [0.4, 0.5) is 16.2 Å². The summed E-state index contributed by atoms with van der Waals surface area (Å²) >= 11 is 1.32. The Kier molecular flexibility index (Phi) is 5.40. The third kappa shape index (κ3) is 4.17. The number of hydrogen-bond donors (Lipinski definition) is 1. The molecule has 23 heavy (non-hydrogen) atoms. The summed E-state index contributed by atoms with van der Waals surface area (Å²) < 4.78 is 5.38. The van der Waals surface area contributed by atoms with Crippen LogP contribution in [0.15, 0.2) is 24.3 Å². The van der Waals surface area contributed by atoms with Gasteiger partial charge in [-0.3, -0.25) is 9.59 Å². The molecule has 0 aliphatic carbocycles. The predicted molar refractivity (Wildman–Crippen MR) is 92.1 cm³/mol. The fraction of sp³-hybridized carbons (Fsp3) is 0.500. The van der Waals surface area contributed by atoms with Crippen LogP contribution in [0.1, 0.15) is 6.42 Å². The number of benzene rings is 1. The third-order valence-corrected chi connectivity index (χ3v) is 4.88. The van der Waals surface area contributed by atoms with Gasteiger partial charge >= 0.3 is 0 Å². The molecular formula is C16H21N3O3S. The molecule has 2 heterocycles. The van der Waals surface area contributed by atoms with Crippen molar-refractivity contribution in [3.05, 3.63) is 24.3 Å². The van der Waals surface area contributed by atoms with Gasteiger partial charge in [-0.2, -0.15) is 0 Å². The summed E-state index contributed by atoms with van der Waals surface area (Å²) in [6.07, 6.45) is 0.323. The van der Waals surface area contributed by atoms with Crippen LogP contribution in [-0.4, -0.2) is 61.2 Å². The minimum atomic E-state index is -0.0598. The second-order valence-corrected chi connectivity index (χ2v) is 6.56. The van der Waals surface area contributed by atoms with Crippen LogP contribution in [0, 0.1) is 0 Å². The van der Waals surface area contributed by atoms with Crippen molar-refractivity contribution in [2.24, 2.45) is 0 Å². The molecule has 1 aromatic carbocycles. The maximum Gasteiger partial charge on any atom is 0.281 e. The summed E-state index contributed by atoms with van der Waals surface area (Å²) in [6, 6.07) is 7.82. The van der Waals surface area contributed by atoms with Crippen molar-refractivity contribution in [2.75, 3.05) is 55.4 Å². The number of para-hydroxylation sites is 2. The van der Waals surface area contributed by atoms with Gasteiger partial charge in [-0.25, -0.2) is 0 Å². The van der Waals surface area contributed by atoms with E-state index in [1.807, 2.05) is 24.3 Å². The average Bonchev–Trinajstić information content (AvgIpc) is 2.99. The first kappa shape index (κ1) is 16.1. The van der Waals surface area contributed by atoms with Gasteiger partial charge in [-0.05, 0) is 12.1 Å². The topological polar surface area (TPSA) is 61.9 Å². The number of carbonyl (C=O) groups excluding carboxylic acids is 2. The molecule has 2 saturated heterocycles. The number of nitrogens with one attached hydrogen (secondary N) is 1. The summed E-state index contributed by atoms with van der Waals surface area (Å²) in [5.41, 5.74) is 1.85. The first-order valence-corrected chi connectivity index (χ1v) is 8.86. The monoisotopic (exact) mass is 335 g/mol. The molecule has 2 fully saturated rings. The van der Waals surface area contributed by atoms with Gasteiger partial charge in [0, 0.05) is 38.4 Å². The van der Waals surface area contributed by atoms with Gasteiger partial charge in [-0.15, -0.1) is 0 Å². The Bertz CT molecular complexity index is 575. The zero-order valence-corrected chi connectivity index (χ0v) is 13.8. The maximum atomic E-state index is 12.2. The average molecular weight is 335 g/mol. The van der Waals surface area contributed by atoms with E-state index in [4.69, 9.17) is 4.74 Å². The molecule has 2 aliphatic rings. The summed E-state index contributed by atoms with van der Waals surface area (Å²) in [5.74, 6) is 0.760. The Morgan fingerprint density at radius 3 is 2.74 bits per heavy atom. The fourth-order valence-electron chi connectivity index (χ4n) is 2.74. The van der Waals surface area contributed by atoms with E-state index in [-0.39, 0.29) is 11.1 Å². The minimum absolute atomic E-state index is 0.0598. The van der Waals surface area contributed by atoms with Crippen molar-refractivity contribution >= 4 is 34.3 Å². The molecule has 0 bridgehead atoms. The predicted octanol–water partition coefficient (Wildman–Crippen LogP) is 2.02. The lowest BCUT2D eigenvalue weighted by atomic mass is 10.2. The highest BCUT2D eigenvalue weighted by Gasteiger charge is 2.22. The van der Waals surface area contributed by atoms with Crippen LogP contribution in [0.3, 0.4) is 0 Å². The number of morpholine rings is 1. The van der Waals surface area contributed by atoms with Crippen LogP contribution in [0.5, 0.6) is 0 Å². The lowest BCUT2D eigenvalue weighted by molar-refractivity contribution is -0.116. The summed E-state index contributed by atoms with van der Waals surface area (Å²) in [7, 11) is 0. The van der Waals surface area contributed by atoms with Crippen molar-refractivity contribution in [1.29, 1.82) is 0 Å². The van der Waals surface area contributed by atoms with Crippen LogP contribution < -0.4 is 10.2 Å². The second kappa shape index (κ2) is 7.70. The molecule has 2 amide bonds. The molecule has 0 atom stereocenters. The molecule has 3 rings (SSSR count). The summed E-state index contributed by atoms with van der Waals surface area (Å²) in [5, 5.41) is 3.06. The molecule has 124 valence electrons. The Labute approximate surface area is 140 Å². The van der Waals surface area contributed by atoms with Gasteiger partial charge in [0.25, 0.3) is 5.24 Å². The quantitative estimate of drug-likeness (QED) is 0.892. The lowest BCUT2D eigenvalue weighted by Gasteiger charge is -2.30. The van der Waals surface area contributed by atoms with E-state index >= 15 is 0 Å². The van der Waals surface area contributed by atoms with Crippen LogP contribution in [-0.2, 0) is 9.53 Å². The molecule has 0 saturated carbocycles. The SMILES string of the molecule is O=C(CCN1CCSC1=O)Nc1ccccc1N1CCOCC1. The number of hydrogen-bond acceptors (Lipinski definition) is 5. The minimum Gasteiger partial charge on any atom is -0.378 e. The lowest BCUT2D eigenvalue weighted by Crippen LogP contribution is -2.36. The second-order valence-electron chi connectivity index (χ2n) is 5.52. The van der Waals surface area contributed by atoms with Crippen molar-refractivity contribution in [2.45, 2.75) is 6.42 Å². The van der Waals surface area contributed by atoms with E-state index in [0.29, 0.717) is 26.2 Å². The van der Waals surface area contributed by atoms with E-state index in [0.717, 1.165) is 36.8 Å². The van der Waals surface area contributed by atoms with Crippen molar-refractivity contribution in [1.82, 2.24) is 4.90 Å². The standard InChI is InChI=1S/C16H21N3O3S/c20-15(5-6-19-9-12-23-16(19)21)17-13-3-1-2-4-14(13)18-7-10-22-11-8-18/h1-4H,5-12H2,(H,17,20). The van der Waals surface area contributed by atoms with Gasteiger partial charge in [0.15, 0.2) is 0 Å². The molecule has 0 radical (unpaired) electrons. The largest absolute Gasteiger partial charge is 0.378 e. The molecule has 0 unspecified atom stereocenters. The molecule has 0 aromatic heterocycles. The Morgan fingerprint density at radius 2 is 2.00 bits per heavy atom. The van der Waals surface area contributed by atoms with Gasteiger partial charge in [0.2, 0.25) is 5.91 Å². The molecular weight excluding hydrogens is 314 g/mol. The smallest absolute Gasteiger partial charge is 0.281 e. The Hall–Kier alpha value is -1.73. The van der Waals surface area contributed by atoms with E-state index < -0.39 is 0 Å². The number of ether oxygens (including phenoxy) is 1. The van der Waals surface area contributed by atoms with Crippen molar-refractivity contribution in [3.8, 4) is 0 Å². The Morgan fingerprint density at radius 1 is 1.22 bits per heavy atom. The molecule has 0 spiro atoms. The number of nitrogens with zero attached hydrogens (tertiary/aromatic N) is 2.